The SMILES string of the molecule is Fc1cccc(-c2nc3c([nH]2)C=NN(Cc2cc(-c4ccc(Cn5ccnc5)cc4)no2)C3)c1F. The van der Waals surface area contributed by atoms with E-state index < -0.39 is 11.6 Å². The number of imidazole rings is 2. The molecule has 35 heavy (non-hydrogen) atoms. The van der Waals surface area contributed by atoms with Crippen molar-refractivity contribution in [2.24, 2.45) is 5.10 Å². The fourth-order valence-electron chi connectivity index (χ4n) is 3.99. The molecule has 4 heterocycles. The van der Waals surface area contributed by atoms with Gasteiger partial charge in [-0.2, -0.15) is 5.10 Å². The van der Waals surface area contributed by atoms with E-state index in [2.05, 4.69) is 37.3 Å². The van der Waals surface area contributed by atoms with Crippen LogP contribution in [0, 0.1) is 11.6 Å². The Kier molecular flexibility index (Phi) is 5.17. The summed E-state index contributed by atoms with van der Waals surface area (Å²) in [6, 6.07) is 14.0. The number of benzene rings is 2. The molecule has 0 spiro atoms. The third-order valence-electron chi connectivity index (χ3n) is 5.77. The second kappa shape index (κ2) is 8.64. The number of H-pyrrole nitrogens is 1. The molecule has 10 heteroatoms. The molecule has 0 atom stereocenters. The summed E-state index contributed by atoms with van der Waals surface area (Å²) in [5.41, 5.74) is 4.27. The quantitative estimate of drug-likeness (QED) is 0.391. The molecule has 6 rings (SSSR count). The molecule has 3 aromatic heterocycles. The van der Waals surface area contributed by atoms with Crippen LogP contribution in [0.1, 0.15) is 22.7 Å². The van der Waals surface area contributed by atoms with Crippen LogP contribution in [0.4, 0.5) is 8.78 Å². The zero-order valence-corrected chi connectivity index (χ0v) is 18.4. The van der Waals surface area contributed by atoms with Crippen LogP contribution in [-0.2, 0) is 19.6 Å². The minimum absolute atomic E-state index is 0.0790. The van der Waals surface area contributed by atoms with Crippen molar-refractivity contribution in [3.63, 3.8) is 0 Å². The van der Waals surface area contributed by atoms with Gasteiger partial charge < -0.3 is 14.1 Å². The van der Waals surface area contributed by atoms with E-state index in [0.717, 1.165) is 29.4 Å². The van der Waals surface area contributed by atoms with Crippen molar-refractivity contribution in [1.29, 1.82) is 0 Å². The van der Waals surface area contributed by atoms with E-state index in [9.17, 15) is 8.78 Å². The average molecular weight is 471 g/mol. The monoisotopic (exact) mass is 471 g/mol. The topological polar surface area (TPSA) is 88.1 Å². The maximum Gasteiger partial charge on any atom is 0.169 e. The van der Waals surface area contributed by atoms with Gasteiger partial charge in [-0.15, -0.1) is 0 Å². The number of rotatable bonds is 6. The second-order valence-electron chi connectivity index (χ2n) is 8.22. The molecule has 0 saturated carbocycles. The first-order valence-electron chi connectivity index (χ1n) is 11.0. The number of nitrogens with one attached hydrogen (secondary N) is 1. The Morgan fingerprint density at radius 3 is 2.77 bits per heavy atom. The lowest BCUT2D eigenvalue weighted by Crippen LogP contribution is -2.21. The van der Waals surface area contributed by atoms with E-state index in [-0.39, 0.29) is 11.4 Å². The number of fused-ring (bicyclic) bond motifs is 1. The fraction of sp³-hybridized carbons (Fsp3) is 0.120. The van der Waals surface area contributed by atoms with Crippen LogP contribution in [0.3, 0.4) is 0 Å². The van der Waals surface area contributed by atoms with Crippen LogP contribution in [0.15, 0.2) is 76.9 Å². The molecule has 174 valence electrons. The molecule has 0 radical (unpaired) electrons. The lowest BCUT2D eigenvalue weighted by Gasteiger charge is -2.19. The molecule has 0 bridgehead atoms. The predicted octanol–water partition coefficient (Wildman–Crippen LogP) is 4.60. The van der Waals surface area contributed by atoms with E-state index in [0.29, 0.717) is 30.2 Å². The van der Waals surface area contributed by atoms with Gasteiger partial charge in [0.05, 0.1) is 42.6 Å². The van der Waals surface area contributed by atoms with Crippen molar-refractivity contribution in [2.45, 2.75) is 19.6 Å². The van der Waals surface area contributed by atoms with Gasteiger partial charge in [0.1, 0.15) is 11.5 Å². The number of aromatic nitrogens is 5. The standard InChI is InChI=1S/C25H19F2N7O/c26-20-3-1-2-19(24(20)27)25-30-22-11-29-34(14-23(22)31-25)13-18-10-21(32-35-18)17-6-4-16(5-7-17)12-33-9-8-28-15-33/h1-11,15H,12-14H2,(H,30,31). The van der Waals surface area contributed by atoms with Gasteiger partial charge in [0.15, 0.2) is 17.4 Å². The van der Waals surface area contributed by atoms with Crippen molar-refractivity contribution in [2.75, 3.05) is 0 Å². The summed E-state index contributed by atoms with van der Waals surface area (Å²) in [5, 5.41) is 10.4. The van der Waals surface area contributed by atoms with E-state index >= 15 is 0 Å². The molecule has 0 saturated heterocycles. The summed E-state index contributed by atoms with van der Waals surface area (Å²) in [4.78, 5) is 11.5. The van der Waals surface area contributed by atoms with Crippen molar-refractivity contribution in [3.05, 3.63) is 102 Å². The lowest BCUT2D eigenvalue weighted by molar-refractivity contribution is 0.229. The van der Waals surface area contributed by atoms with Gasteiger partial charge in [0.2, 0.25) is 0 Å². The maximum absolute atomic E-state index is 14.2. The highest BCUT2D eigenvalue weighted by Crippen LogP contribution is 2.26. The lowest BCUT2D eigenvalue weighted by atomic mass is 10.1. The van der Waals surface area contributed by atoms with Crippen LogP contribution in [-0.4, -0.2) is 35.9 Å². The van der Waals surface area contributed by atoms with Gasteiger partial charge in [0.25, 0.3) is 0 Å². The number of hydrazone groups is 1. The number of halogens is 2. The Bertz CT molecular complexity index is 1500. The van der Waals surface area contributed by atoms with Gasteiger partial charge in [-0.05, 0) is 17.7 Å². The maximum atomic E-state index is 14.2. The molecule has 1 aliphatic rings. The highest BCUT2D eigenvalue weighted by atomic mass is 19.2. The molecular weight excluding hydrogens is 452 g/mol. The molecule has 5 aromatic rings. The molecule has 0 amide bonds. The molecule has 0 aliphatic carbocycles. The van der Waals surface area contributed by atoms with E-state index in [1.807, 2.05) is 29.0 Å². The smallest absolute Gasteiger partial charge is 0.169 e. The summed E-state index contributed by atoms with van der Waals surface area (Å²) in [6.07, 6.45) is 7.08. The highest BCUT2D eigenvalue weighted by molar-refractivity contribution is 5.80. The van der Waals surface area contributed by atoms with Crippen molar-refractivity contribution >= 4 is 6.21 Å². The number of nitrogens with zero attached hydrogens (tertiary/aromatic N) is 6. The summed E-state index contributed by atoms with van der Waals surface area (Å²) in [5.74, 6) is -0.939. The Hall–Kier alpha value is -4.60. The van der Waals surface area contributed by atoms with Crippen molar-refractivity contribution < 1.29 is 13.3 Å². The summed E-state index contributed by atoms with van der Waals surface area (Å²) < 4.78 is 35.3. The predicted molar refractivity (Wildman–Crippen MR) is 124 cm³/mol. The zero-order chi connectivity index (χ0) is 23.8. The second-order valence-corrected chi connectivity index (χ2v) is 8.22. The Morgan fingerprint density at radius 1 is 1.06 bits per heavy atom. The van der Waals surface area contributed by atoms with E-state index in [1.54, 1.807) is 23.7 Å². The molecule has 0 fully saturated rings. The normalized spacial score (nSPS) is 12.8. The third kappa shape index (κ3) is 4.21. The zero-order valence-electron chi connectivity index (χ0n) is 18.4. The van der Waals surface area contributed by atoms with E-state index in [4.69, 9.17) is 4.52 Å². The van der Waals surface area contributed by atoms with Crippen LogP contribution < -0.4 is 0 Å². The number of aromatic amines is 1. The van der Waals surface area contributed by atoms with Crippen LogP contribution in [0.2, 0.25) is 0 Å². The van der Waals surface area contributed by atoms with Crippen LogP contribution >= 0.6 is 0 Å². The minimum Gasteiger partial charge on any atom is -0.359 e. The molecule has 1 aliphatic heterocycles. The largest absolute Gasteiger partial charge is 0.359 e. The minimum atomic E-state index is -0.934. The molecule has 0 unspecified atom stereocenters. The molecular formula is C25H19F2N7O. The van der Waals surface area contributed by atoms with Crippen LogP contribution in [0.5, 0.6) is 0 Å². The summed E-state index contributed by atoms with van der Waals surface area (Å²) in [7, 11) is 0. The van der Waals surface area contributed by atoms with Gasteiger partial charge in [-0.1, -0.05) is 35.5 Å². The molecule has 8 nitrogen and oxygen atoms in total. The first-order chi connectivity index (χ1) is 17.1. The summed E-state index contributed by atoms with van der Waals surface area (Å²) in [6.45, 7) is 1.52. The van der Waals surface area contributed by atoms with Crippen LogP contribution in [0.25, 0.3) is 22.6 Å². The van der Waals surface area contributed by atoms with Gasteiger partial charge >= 0.3 is 0 Å². The van der Waals surface area contributed by atoms with Gasteiger partial charge in [-0.3, -0.25) is 5.01 Å². The Morgan fingerprint density at radius 2 is 1.94 bits per heavy atom. The first-order valence-corrected chi connectivity index (χ1v) is 11.0. The third-order valence-corrected chi connectivity index (χ3v) is 5.77. The van der Waals surface area contributed by atoms with Crippen molar-refractivity contribution in [1.82, 2.24) is 29.7 Å². The number of hydrogen-bond donors (Lipinski definition) is 1. The Balaban J connectivity index is 1.13. The fourth-order valence-corrected chi connectivity index (χ4v) is 3.99. The van der Waals surface area contributed by atoms with Crippen molar-refractivity contribution in [3.8, 4) is 22.6 Å². The van der Waals surface area contributed by atoms with Gasteiger partial charge in [-0.25, -0.2) is 18.7 Å². The molecule has 2 aromatic carbocycles. The first kappa shape index (κ1) is 21.0. The van der Waals surface area contributed by atoms with Gasteiger partial charge in [0, 0.05) is 30.6 Å². The number of hydrogen-bond acceptors (Lipinski definition) is 6. The summed E-state index contributed by atoms with van der Waals surface area (Å²) >= 11 is 0. The molecule has 1 N–H and O–H groups in total. The van der Waals surface area contributed by atoms with E-state index in [1.165, 1.54) is 12.1 Å². The Labute approximate surface area is 198 Å². The average Bonchev–Trinajstić information content (AvgIpc) is 3.63. The highest BCUT2D eigenvalue weighted by Gasteiger charge is 2.21.